The number of carbonyl (C=O) groups is 1. The lowest BCUT2D eigenvalue weighted by molar-refractivity contribution is 0.0697. The zero-order valence-corrected chi connectivity index (χ0v) is 11.2. The largest absolute Gasteiger partial charge is 0.478 e. The molecule has 0 bridgehead atoms. The Kier molecular flexibility index (Phi) is 3.51. The van der Waals surface area contributed by atoms with Crippen molar-refractivity contribution in [3.8, 4) is 11.3 Å². The van der Waals surface area contributed by atoms with Gasteiger partial charge >= 0.3 is 5.97 Å². The normalized spacial score (nSPS) is 10.5. The van der Waals surface area contributed by atoms with Gasteiger partial charge in [-0.3, -0.25) is 0 Å². The summed E-state index contributed by atoms with van der Waals surface area (Å²) in [4.78, 5) is 15.6. The van der Waals surface area contributed by atoms with Gasteiger partial charge in [0.25, 0.3) is 0 Å². The number of hydrogen-bond acceptors (Lipinski definition) is 3. The molecule has 0 saturated carbocycles. The Bertz CT molecular complexity index is 762. The van der Waals surface area contributed by atoms with E-state index in [9.17, 15) is 9.90 Å². The Labute approximate surface area is 121 Å². The van der Waals surface area contributed by atoms with Crippen molar-refractivity contribution in [3.05, 3.63) is 77.8 Å². The molecule has 0 saturated heterocycles. The quantitative estimate of drug-likeness (QED) is 0.792. The molecule has 4 heteroatoms. The number of carboxylic acids is 1. The lowest BCUT2D eigenvalue weighted by Crippen LogP contribution is -2.00. The lowest BCUT2D eigenvalue weighted by atomic mass is 10.0. The first-order valence-corrected chi connectivity index (χ1v) is 6.54. The van der Waals surface area contributed by atoms with Crippen molar-refractivity contribution in [1.29, 1.82) is 0 Å². The molecule has 21 heavy (non-hydrogen) atoms. The average molecular weight is 279 g/mol. The van der Waals surface area contributed by atoms with Gasteiger partial charge in [0.2, 0.25) is 0 Å². The van der Waals surface area contributed by atoms with E-state index in [0.717, 1.165) is 11.3 Å². The van der Waals surface area contributed by atoms with E-state index in [2.05, 4.69) is 4.98 Å². The topological polar surface area (TPSA) is 63.3 Å². The predicted molar refractivity (Wildman–Crippen MR) is 78.1 cm³/mol. The maximum Gasteiger partial charge on any atom is 0.336 e. The molecule has 104 valence electrons. The Morgan fingerprint density at radius 3 is 2.52 bits per heavy atom. The standard InChI is InChI=1S/C17H13NO3/c19-17(20)14-9-5-4-8-13(14)16-15(18-11-21-16)10-12-6-2-1-3-7-12/h1-9,11H,10H2,(H,19,20). The number of nitrogens with zero attached hydrogens (tertiary/aromatic N) is 1. The second kappa shape index (κ2) is 5.63. The summed E-state index contributed by atoms with van der Waals surface area (Å²) in [5.74, 6) is -0.468. The second-order valence-corrected chi connectivity index (χ2v) is 4.64. The fourth-order valence-corrected chi connectivity index (χ4v) is 2.27. The zero-order valence-electron chi connectivity index (χ0n) is 11.2. The Balaban J connectivity index is 2.02. The molecule has 0 aliphatic heterocycles. The van der Waals surface area contributed by atoms with Gasteiger partial charge in [-0.25, -0.2) is 9.78 Å². The molecule has 0 fully saturated rings. The van der Waals surface area contributed by atoms with E-state index in [1.54, 1.807) is 24.3 Å². The Morgan fingerprint density at radius 2 is 1.76 bits per heavy atom. The maximum absolute atomic E-state index is 11.3. The van der Waals surface area contributed by atoms with E-state index in [1.807, 2.05) is 30.3 Å². The molecule has 0 aliphatic carbocycles. The van der Waals surface area contributed by atoms with Gasteiger partial charge in [-0.1, -0.05) is 48.5 Å². The van der Waals surface area contributed by atoms with Crippen LogP contribution < -0.4 is 0 Å². The molecule has 0 radical (unpaired) electrons. The first kappa shape index (κ1) is 13.1. The van der Waals surface area contributed by atoms with E-state index in [-0.39, 0.29) is 5.56 Å². The van der Waals surface area contributed by atoms with Gasteiger partial charge < -0.3 is 9.52 Å². The van der Waals surface area contributed by atoms with Crippen molar-refractivity contribution in [2.45, 2.75) is 6.42 Å². The Hall–Kier alpha value is -2.88. The molecule has 1 N–H and O–H groups in total. The number of carboxylic acid groups (broad SMARTS) is 1. The monoisotopic (exact) mass is 279 g/mol. The first-order chi connectivity index (χ1) is 10.3. The second-order valence-electron chi connectivity index (χ2n) is 4.64. The third-order valence-electron chi connectivity index (χ3n) is 3.26. The van der Waals surface area contributed by atoms with Crippen molar-refractivity contribution < 1.29 is 14.3 Å². The van der Waals surface area contributed by atoms with Gasteiger partial charge in [0.1, 0.15) is 0 Å². The molecule has 0 amide bonds. The minimum absolute atomic E-state index is 0.212. The maximum atomic E-state index is 11.3. The van der Waals surface area contributed by atoms with Gasteiger partial charge in [-0.2, -0.15) is 0 Å². The van der Waals surface area contributed by atoms with Crippen molar-refractivity contribution >= 4 is 5.97 Å². The summed E-state index contributed by atoms with van der Waals surface area (Å²) in [6, 6.07) is 16.7. The summed E-state index contributed by atoms with van der Waals surface area (Å²) >= 11 is 0. The summed E-state index contributed by atoms with van der Waals surface area (Å²) < 4.78 is 5.44. The van der Waals surface area contributed by atoms with E-state index >= 15 is 0 Å². The summed E-state index contributed by atoms with van der Waals surface area (Å²) in [6.07, 6.45) is 1.95. The van der Waals surface area contributed by atoms with Crippen molar-refractivity contribution in [2.75, 3.05) is 0 Å². The molecule has 4 nitrogen and oxygen atoms in total. The number of aromatic nitrogens is 1. The molecule has 3 rings (SSSR count). The van der Waals surface area contributed by atoms with Gasteiger partial charge in [0.05, 0.1) is 11.3 Å². The van der Waals surface area contributed by atoms with Crippen molar-refractivity contribution in [1.82, 2.24) is 4.98 Å². The average Bonchev–Trinajstić information content (AvgIpc) is 2.96. The molecule has 0 aliphatic rings. The smallest absolute Gasteiger partial charge is 0.336 e. The van der Waals surface area contributed by atoms with Gasteiger partial charge in [0, 0.05) is 12.0 Å². The molecular weight excluding hydrogens is 266 g/mol. The Morgan fingerprint density at radius 1 is 1.05 bits per heavy atom. The third kappa shape index (κ3) is 2.69. The fraction of sp³-hybridized carbons (Fsp3) is 0.0588. The van der Waals surface area contributed by atoms with Crippen LogP contribution >= 0.6 is 0 Å². The molecule has 1 aromatic heterocycles. The molecular formula is C17H13NO3. The fourth-order valence-electron chi connectivity index (χ4n) is 2.27. The van der Waals surface area contributed by atoms with Crippen molar-refractivity contribution in [2.24, 2.45) is 0 Å². The van der Waals surface area contributed by atoms with E-state index in [1.165, 1.54) is 6.39 Å². The number of aromatic carboxylic acids is 1. The van der Waals surface area contributed by atoms with Crippen LogP contribution in [0.1, 0.15) is 21.6 Å². The van der Waals surface area contributed by atoms with E-state index < -0.39 is 5.97 Å². The van der Waals surface area contributed by atoms with Crippen LogP contribution in [0.3, 0.4) is 0 Å². The first-order valence-electron chi connectivity index (χ1n) is 6.54. The highest BCUT2D eigenvalue weighted by Crippen LogP contribution is 2.28. The van der Waals surface area contributed by atoms with Crippen LogP contribution in [0.15, 0.2) is 65.4 Å². The number of benzene rings is 2. The van der Waals surface area contributed by atoms with Crippen LogP contribution in [0.5, 0.6) is 0 Å². The molecule has 0 spiro atoms. The van der Waals surface area contributed by atoms with Crippen LogP contribution in [-0.2, 0) is 6.42 Å². The van der Waals surface area contributed by atoms with Crippen molar-refractivity contribution in [3.63, 3.8) is 0 Å². The molecule has 3 aromatic rings. The number of oxazole rings is 1. The van der Waals surface area contributed by atoms with Gasteiger partial charge in [0.15, 0.2) is 12.2 Å². The number of rotatable bonds is 4. The summed E-state index contributed by atoms with van der Waals surface area (Å²) in [5, 5.41) is 9.28. The molecule has 0 unspecified atom stereocenters. The molecule has 0 atom stereocenters. The summed E-state index contributed by atoms with van der Waals surface area (Å²) in [5.41, 5.74) is 2.59. The highest BCUT2D eigenvalue weighted by Gasteiger charge is 2.17. The van der Waals surface area contributed by atoms with Crippen LogP contribution in [0.25, 0.3) is 11.3 Å². The third-order valence-corrected chi connectivity index (χ3v) is 3.26. The van der Waals surface area contributed by atoms with Crippen LogP contribution in [0.4, 0.5) is 0 Å². The highest BCUT2D eigenvalue weighted by molar-refractivity contribution is 5.95. The lowest BCUT2D eigenvalue weighted by Gasteiger charge is -2.05. The van der Waals surface area contributed by atoms with Gasteiger partial charge in [-0.05, 0) is 11.6 Å². The highest BCUT2D eigenvalue weighted by atomic mass is 16.4. The van der Waals surface area contributed by atoms with E-state index in [0.29, 0.717) is 17.7 Å². The summed E-state index contributed by atoms with van der Waals surface area (Å²) in [6.45, 7) is 0. The SMILES string of the molecule is O=C(O)c1ccccc1-c1ocnc1Cc1ccccc1. The minimum Gasteiger partial charge on any atom is -0.478 e. The van der Waals surface area contributed by atoms with Crippen LogP contribution in [-0.4, -0.2) is 16.1 Å². The van der Waals surface area contributed by atoms with Crippen LogP contribution in [0.2, 0.25) is 0 Å². The van der Waals surface area contributed by atoms with E-state index in [4.69, 9.17) is 4.42 Å². The van der Waals surface area contributed by atoms with Crippen LogP contribution in [0, 0.1) is 0 Å². The zero-order chi connectivity index (χ0) is 14.7. The van der Waals surface area contributed by atoms with Gasteiger partial charge in [-0.15, -0.1) is 0 Å². The minimum atomic E-state index is -0.979. The summed E-state index contributed by atoms with van der Waals surface area (Å²) in [7, 11) is 0. The molecule has 1 heterocycles. The predicted octanol–water partition coefficient (Wildman–Crippen LogP) is 3.63. The molecule has 2 aromatic carbocycles. The number of hydrogen-bond donors (Lipinski definition) is 1.